The van der Waals surface area contributed by atoms with Crippen molar-refractivity contribution in [1.29, 1.82) is 0 Å². The van der Waals surface area contributed by atoms with Gasteiger partial charge in [0.25, 0.3) is 0 Å². The molecule has 0 aromatic carbocycles. The van der Waals surface area contributed by atoms with Crippen molar-refractivity contribution in [2.45, 2.75) is 0 Å². The van der Waals surface area contributed by atoms with Gasteiger partial charge in [0.1, 0.15) is 10.8 Å². The molecule has 0 saturated carbocycles. The quantitative estimate of drug-likeness (QED) is 0.752. The molecule has 1 aliphatic rings. The molecule has 0 bridgehead atoms. The van der Waals surface area contributed by atoms with Crippen LogP contribution in [0.4, 0.5) is 10.8 Å². The molecule has 6 heteroatoms. The predicted molar refractivity (Wildman–Crippen MR) is 62.3 cm³/mol. The standard InChI is InChI=1S/C9H16N4OS/c10-8-7-9(15-11-8)13-3-1-12(2-4-13)5-6-14/h7,14H,1-6H2,(H2,10,11). The SMILES string of the molecule is Nc1cc(N2CCN(CCO)CC2)sn1. The zero-order chi connectivity index (χ0) is 10.7. The van der Waals surface area contributed by atoms with Crippen LogP contribution >= 0.6 is 11.5 Å². The summed E-state index contributed by atoms with van der Waals surface area (Å²) < 4.78 is 4.07. The highest BCUT2D eigenvalue weighted by molar-refractivity contribution is 7.10. The number of anilines is 2. The summed E-state index contributed by atoms with van der Waals surface area (Å²) in [6.45, 7) is 4.99. The van der Waals surface area contributed by atoms with E-state index in [9.17, 15) is 0 Å². The summed E-state index contributed by atoms with van der Waals surface area (Å²) in [6, 6.07) is 1.92. The van der Waals surface area contributed by atoms with Gasteiger partial charge >= 0.3 is 0 Å². The van der Waals surface area contributed by atoms with Gasteiger partial charge in [-0.05, 0) is 11.5 Å². The second-order valence-electron chi connectivity index (χ2n) is 3.64. The monoisotopic (exact) mass is 228 g/mol. The first-order valence-electron chi connectivity index (χ1n) is 5.10. The van der Waals surface area contributed by atoms with E-state index >= 15 is 0 Å². The van der Waals surface area contributed by atoms with E-state index in [2.05, 4.69) is 14.2 Å². The third-order valence-corrected chi connectivity index (χ3v) is 3.48. The van der Waals surface area contributed by atoms with Gasteiger partial charge in [-0.1, -0.05) is 0 Å². The van der Waals surface area contributed by atoms with Crippen LogP contribution in [-0.4, -0.2) is 53.7 Å². The first-order valence-corrected chi connectivity index (χ1v) is 5.87. The summed E-state index contributed by atoms with van der Waals surface area (Å²) in [5, 5.41) is 9.97. The average Bonchev–Trinajstić information content (AvgIpc) is 2.67. The number of hydrogen-bond acceptors (Lipinski definition) is 6. The number of β-amino-alcohol motifs (C(OH)–C–C–N with tert-alkyl or cyclic N) is 1. The minimum atomic E-state index is 0.244. The third kappa shape index (κ3) is 2.58. The van der Waals surface area contributed by atoms with Crippen molar-refractivity contribution in [3.8, 4) is 0 Å². The number of aliphatic hydroxyl groups is 1. The summed E-state index contributed by atoms with van der Waals surface area (Å²) in [4.78, 5) is 4.56. The molecule has 0 amide bonds. The van der Waals surface area contributed by atoms with E-state index < -0.39 is 0 Å². The van der Waals surface area contributed by atoms with Crippen LogP contribution in [0.3, 0.4) is 0 Å². The molecule has 1 aromatic heterocycles. The number of nitrogen functional groups attached to an aromatic ring is 1. The van der Waals surface area contributed by atoms with Gasteiger partial charge in [0.05, 0.1) is 6.61 Å². The van der Waals surface area contributed by atoms with Crippen molar-refractivity contribution >= 4 is 22.4 Å². The minimum absolute atomic E-state index is 0.244. The third-order valence-electron chi connectivity index (χ3n) is 2.62. The summed E-state index contributed by atoms with van der Waals surface area (Å²) in [7, 11) is 0. The number of nitrogens with zero attached hydrogens (tertiary/aromatic N) is 3. The molecule has 1 saturated heterocycles. The van der Waals surface area contributed by atoms with E-state index in [0.717, 1.165) is 37.7 Å². The van der Waals surface area contributed by atoms with E-state index in [0.29, 0.717) is 5.82 Å². The predicted octanol–water partition coefficient (Wildman–Crippen LogP) is -0.160. The molecule has 5 nitrogen and oxygen atoms in total. The molecule has 0 radical (unpaired) electrons. The maximum absolute atomic E-state index is 8.83. The smallest absolute Gasteiger partial charge is 0.139 e. The molecular weight excluding hydrogens is 212 g/mol. The van der Waals surface area contributed by atoms with Crippen molar-refractivity contribution in [3.63, 3.8) is 0 Å². The van der Waals surface area contributed by atoms with E-state index in [4.69, 9.17) is 10.8 Å². The topological polar surface area (TPSA) is 65.6 Å². The van der Waals surface area contributed by atoms with Crippen molar-refractivity contribution in [2.24, 2.45) is 0 Å². The van der Waals surface area contributed by atoms with Crippen molar-refractivity contribution in [1.82, 2.24) is 9.27 Å². The number of aromatic nitrogens is 1. The molecular formula is C9H16N4OS. The Labute approximate surface area is 93.3 Å². The maximum Gasteiger partial charge on any atom is 0.139 e. The fraction of sp³-hybridized carbons (Fsp3) is 0.667. The zero-order valence-corrected chi connectivity index (χ0v) is 9.41. The Kier molecular flexibility index (Phi) is 3.40. The molecule has 0 aliphatic carbocycles. The normalized spacial score (nSPS) is 18.3. The minimum Gasteiger partial charge on any atom is -0.395 e. The van der Waals surface area contributed by atoms with Crippen molar-refractivity contribution in [3.05, 3.63) is 6.07 Å². The van der Waals surface area contributed by atoms with Crippen LogP contribution < -0.4 is 10.6 Å². The fourth-order valence-electron chi connectivity index (χ4n) is 1.76. The van der Waals surface area contributed by atoms with Crippen LogP contribution in [-0.2, 0) is 0 Å². The zero-order valence-electron chi connectivity index (χ0n) is 8.59. The highest BCUT2D eigenvalue weighted by Crippen LogP contribution is 2.23. The van der Waals surface area contributed by atoms with Gasteiger partial charge in [-0.2, -0.15) is 4.37 Å². The molecule has 2 heterocycles. The highest BCUT2D eigenvalue weighted by Gasteiger charge is 2.17. The molecule has 0 unspecified atom stereocenters. The second-order valence-corrected chi connectivity index (χ2v) is 4.43. The van der Waals surface area contributed by atoms with Crippen LogP contribution in [0.15, 0.2) is 6.07 Å². The lowest BCUT2D eigenvalue weighted by molar-refractivity contribution is 0.189. The molecule has 1 fully saturated rings. The number of aliphatic hydroxyl groups excluding tert-OH is 1. The van der Waals surface area contributed by atoms with Crippen LogP contribution in [0.25, 0.3) is 0 Å². The number of hydrogen-bond donors (Lipinski definition) is 2. The Morgan fingerprint density at radius 1 is 1.40 bits per heavy atom. The molecule has 3 N–H and O–H groups in total. The Hall–Kier alpha value is -0.850. The van der Waals surface area contributed by atoms with Gasteiger partial charge in [-0.25, -0.2) is 0 Å². The Balaban J connectivity index is 1.88. The van der Waals surface area contributed by atoms with E-state index in [-0.39, 0.29) is 6.61 Å². The van der Waals surface area contributed by atoms with Crippen LogP contribution in [0.5, 0.6) is 0 Å². The lowest BCUT2D eigenvalue weighted by Gasteiger charge is -2.34. The fourth-order valence-corrected chi connectivity index (χ4v) is 2.48. The molecule has 1 aromatic rings. The van der Waals surface area contributed by atoms with Crippen LogP contribution in [0.2, 0.25) is 0 Å². The average molecular weight is 228 g/mol. The van der Waals surface area contributed by atoms with E-state index in [1.165, 1.54) is 11.5 Å². The Morgan fingerprint density at radius 3 is 2.67 bits per heavy atom. The van der Waals surface area contributed by atoms with Gasteiger partial charge in [0.2, 0.25) is 0 Å². The Bertz CT molecular complexity index is 309. The molecule has 15 heavy (non-hydrogen) atoms. The number of piperazine rings is 1. The molecule has 0 spiro atoms. The lowest BCUT2D eigenvalue weighted by atomic mass is 10.3. The van der Waals surface area contributed by atoms with Crippen molar-refractivity contribution < 1.29 is 5.11 Å². The molecule has 84 valence electrons. The van der Waals surface area contributed by atoms with Gasteiger partial charge in [0.15, 0.2) is 0 Å². The Morgan fingerprint density at radius 2 is 2.13 bits per heavy atom. The summed E-state index contributed by atoms with van der Waals surface area (Å²) in [5.74, 6) is 0.604. The highest BCUT2D eigenvalue weighted by atomic mass is 32.1. The van der Waals surface area contributed by atoms with Crippen LogP contribution in [0, 0.1) is 0 Å². The van der Waals surface area contributed by atoms with Gasteiger partial charge in [-0.3, -0.25) is 4.90 Å². The van der Waals surface area contributed by atoms with Crippen molar-refractivity contribution in [2.75, 3.05) is 50.0 Å². The maximum atomic E-state index is 8.83. The van der Waals surface area contributed by atoms with E-state index in [1.54, 1.807) is 0 Å². The molecule has 1 aliphatic heterocycles. The molecule has 0 atom stereocenters. The summed E-state index contributed by atoms with van der Waals surface area (Å²) in [6.07, 6.45) is 0. The number of nitrogens with two attached hydrogens (primary N) is 1. The van der Waals surface area contributed by atoms with Gasteiger partial charge < -0.3 is 15.7 Å². The van der Waals surface area contributed by atoms with Gasteiger partial charge in [-0.15, -0.1) is 0 Å². The molecule has 2 rings (SSSR count). The summed E-state index contributed by atoms with van der Waals surface area (Å²) >= 11 is 1.45. The van der Waals surface area contributed by atoms with E-state index in [1.807, 2.05) is 6.07 Å². The number of rotatable bonds is 3. The largest absolute Gasteiger partial charge is 0.395 e. The first kappa shape index (κ1) is 10.7. The van der Waals surface area contributed by atoms with Gasteiger partial charge in [0, 0.05) is 38.8 Å². The van der Waals surface area contributed by atoms with Crippen LogP contribution in [0.1, 0.15) is 0 Å². The first-order chi connectivity index (χ1) is 7.29. The summed E-state index contributed by atoms with van der Waals surface area (Å²) in [5.41, 5.74) is 5.59. The second kappa shape index (κ2) is 4.78. The lowest BCUT2D eigenvalue weighted by Crippen LogP contribution is -2.46.